The highest BCUT2D eigenvalue weighted by Crippen LogP contribution is 2.22. The van der Waals surface area contributed by atoms with Crippen molar-refractivity contribution in [3.8, 4) is 0 Å². The van der Waals surface area contributed by atoms with Gasteiger partial charge in [0.1, 0.15) is 12.1 Å². The summed E-state index contributed by atoms with van der Waals surface area (Å²) in [4.78, 5) is 46.1. The monoisotopic (exact) mass is 412 g/mol. The third-order valence-corrected chi connectivity index (χ3v) is 5.72. The van der Waals surface area contributed by atoms with Crippen molar-refractivity contribution in [2.24, 2.45) is 5.92 Å². The predicted octanol–water partition coefficient (Wildman–Crippen LogP) is 2.22. The summed E-state index contributed by atoms with van der Waals surface area (Å²) in [5.74, 6) is -1.87. The highest BCUT2D eigenvalue weighted by molar-refractivity contribution is 5.98. The zero-order valence-corrected chi connectivity index (χ0v) is 17.3. The molecule has 1 saturated heterocycles. The Morgan fingerprint density at radius 3 is 2.83 bits per heavy atom. The Bertz CT molecular complexity index is 896. The third-order valence-electron chi connectivity index (χ3n) is 5.72. The lowest BCUT2D eigenvalue weighted by Crippen LogP contribution is -2.52. The number of nitrogens with zero attached hydrogens (tertiary/aromatic N) is 2. The Morgan fingerprint density at radius 2 is 2.17 bits per heavy atom. The fourth-order valence-corrected chi connectivity index (χ4v) is 3.80. The molecule has 1 aliphatic heterocycles. The number of aromatic amines is 1. The van der Waals surface area contributed by atoms with Crippen LogP contribution in [0.15, 0.2) is 36.8 Å². The predicted molar refractivity (Wildman–Crippen MR) is 111 cm³/mol. The van der Waals surface area contributed by atoms with Gasteiger partial charge in [-0.2, -0.15) is 0 Å². The molecule has 3 N–H and O–H groups in total. The number of amides is 2. The number of carboxylic acids is 1. The lowest BCUT2D eigenvalue weighted by atomic mass is 9.98. The van der Waals surface area contributed by atoms with Crippen LogP contribution in [0.3, 0.4) is 0 Å². The van der Waals surface area contributed by atoms with Crippen LogP contribution in [0.2, 0.25) is 0 Å². The summed E-state index contributed by atoms with van der Waals surface area (Å²) >= 11 is 0. The van der Waals surface area contributed by atoms with Crippen molar-refractivity contribution in [2.45, 2.75) is 51.6 Å². The van der Waals surface area contributed by atoms with Crippen LogP contribution in [0.25, 0.3) is 0 Å². The van der Waals surface area contributed by atoms with Crippen LogP contribution >= 0.6 is 0 Å². The first-order valence-corrected chi connectivity index (χ1v) is 10.3. The van der Waals surface area contributed by atoms with Gasteiger partial charge in [-0.25, -0.2) is 9.78 Å². The standard InChI is InChI=1S/C22H28N4O4/c1-3-14(2)19(22(29)30)25-20(27)18-8-5-9-26(18)21(28)16-7-4-6-15(10-16)11-17-12-23-13-24-17/h4,6-7,10,12-14,18-19H,3,5,8-9,11H2,1-2H3,(H,23,24)(H,25,27)(H,29,30)/t14-,18+,19+/m1/s1. The van der Waals surface area contributed by atoms with E-state index < -0.39 is 24.0 Å². The topological polar surface area (TPSA) is 115 Å². The smallest absolute Gasteiger partial charge is 0.326 e. The summed E-state index contributed by atoms with van der Waals surface area (Å²) in [6.45, 7) is 4.15. The number of benzene rings is 1. The molecule has 2 amide bonds. The molecule has 0 bridgehead atoms. The van der Waals surface area contributed by atoms with Gasteiger partial charge in [0.2, 0.25) is 5.91 Å². The molecule has 1 aromatic carbocycles. The van der Waals surface area contributed by atoms with E-state index >= 15 is 0 Å². The van der Waals surface area contributed by atoms with Crippen LogP contribution in [0, 0.1) is 5.92 Å². The zero-order valence-electron chi connectivity index (χ0n) is 17.3. The summed E-state index contributed by atoms with van der Waals surface area (Å²) in [5, 5.41) is 12.1. The lowest BCUT2D eigenvalue weighted by Gasteiger charge is -2.27. The largest absolute Gasteiger partial charge is 0.480 e. The van der Waals surface area contributed by atoms with Crippen molar-refractivity contribution in [3.63, 3.8) is 0 Å². The lowest BCUT2D eigenvalue weighted by molar-refractivity contribution is -0.143. The van der Waals surface area contributed by atoms with Crippen molar-refractivity contribution < 1.29 is 19.5 Å². The second-order valence-corrected chi connectivity index (χ2v) is 7.82. The quantitative estimate of drug-likeness (QED) is 0.615. The number of aromatic nitrogens is 2. The Kier molecular flexibility index (Phi) is 6.87. The molecule has 0 unspecified atom stereocenters. The van der Waals surface area contributed by atoms with Gasteiger partial charge in [0.15, 0.2) is 0 Å². The number of nitrogens with one attached hydrogen (secondary N) is 2. The summed E-state index contributed by atoms with van der Waals surface area (Å²) in [7, 11) is 0. The van der Waals surface area contributed by atoms with Crippen molar-refractivity contribution in [3.05, 3.63) is 53.6 Å². The van der Waals surface area contributed by atoms with Crippen molar-refractivity contribution in [1.82, 2.24) is 20.2 Å². The molecule has 8 nitrogen and oxygen atoms in total. The number of carbonyl (C=O) groups is 3. The molecule has 1 fully saturated rings. The molecule has 2 heterocycles. The number of hydrogen-bond acceptors (Lipinski definition) is 4. The van der Waals surface area contributed by atoms with Crippen LogP contribution in [0.1, 0.15) is 54.7 Å². The summed E-state index contributed by atoms with van der Waals surface area (Å²) in [6.07, 6.45) is 5.85. The minimum Gasteiger partial charge on any atom is -0.480 e. The molecule has 0 aliphatic carbocycles. The average molecular weight is 412 g/mol. The van der Waals surface area contributed by atoms with E-state index in [0.717, 1.165) is 11.3 Å². The molecule has 1 aliphatic rings. The first kappa shape index (κ1) is 21.5. The maximum absolute atomic E-state index is 13.1. The van der Waals surface area contributed by atoms with Gasteiger partial charge in [-0.3, -0.25) is 9.59 Å². The molecular weight excluding hydrogens is 384 g/mol. The molecule has 0 saturated carbocycles. The van der Waals surface area contributed by atoms with Crippen LogP contribution in [0.4, 0.5) is 0 Å². The van der Waals surface area contributed by atoms with Crippen LogP contribution in [-0.4, -0.2) is 56.4 Å². The highest BCUT2D eigenvalue weighted by Gasteiger charge is 2.37. The fourth-order valence-electron chi connectivity index (χ4n) is 3.80. The number of likely N-dealkylation sites (tertiary alicyclic amines) is 1. The zero-order chi connectivity index (χ0) is 21.7. The van der Waals surface area contributed by atoms with Crippen LogP contribution in [0.5, 0.6) is 0 Å². The van der Waals surface area contributed by atoms with Gasteiger partial charge < -0.3 is 20.3 Å². The number of carbonyl (C=O) groups excluding carboxylic acids is 2. The van der Waals surface area contributed by atoms with Gasteiger partial charge in [0.25, 0.3) is 5.91 Å². The summed E-state index contributed by atoms with van der Waals surface area (Å²) < 4.78 is 0. The van der Waals surface area contributed by atoms with E-state index in [1.54, 1.807) is 30.4 Å². The second kappa shape index (κ2) is 9.56. The molecule has 160 valence electrons. The van der Waals surface area contributed by atoms with Gasteiger partial charge in [-0.1, -0.05) is 32.4 Å². The van der Waals surface area contributed by atoms with Gasteiger partial charge in [-0.15, -0.1) is 0 Å². The van der Waals surface area contributed by atoms with Crippen molar-refractivity contribution in [1.29, 1.82) is 0 Å². The third kappa shape index (κ3) is 4.87. The van der Waals surface area contributed by atoms with E-state index in [9.17, 15) is 19.5 Å². The van der Waals surface area contributed by atoms with Gasteiger partial charge >= 0.3 is 5.97 Å². The second-order valence-electron chi connectivity index (χ2n) is 7.82. The van der Waals surface area contributed by atoms with Crippen LogP contribution in [-0.2, 0) is 16.0 Å². The number of imidazole rings is 1. The maximum atomic E-state index is 13.1. The average Bonchev–Trinajstić information content (AvgIpc) is 3.42. The van der Waals surface area contributed by atoms with E-state index in [1.165, 1.54) is 0 Å². The SMILES string of the molecule is CC[C@@H](C)[C@H](NC(=O)[C@@H]1CCCN1C(=O)c1cccc(Cc2cnc[nH]2)c1)C(=O)O. The number of hydrogen-bond donors (Lipinski definition) is 3. The maximum Gasteiger partial charge on any atom is 0.326 e. The van der Waals surface area contributed by atoms with E-state index in [-0.39, 0.29) is 11.8 Å². The highest BCUT2D eigenvalue weighted by atomic mass is 16.4. The number of aliphatic carboxylic acids is 1. The number of H-pyrrole nitrogens is 1. The van der Waals surface area contributed by atoms with Crippen molar-refractivity contribution in [2.75, 3.05) is 6.54 Å². The van der Waals surface area contributed by atoms with Crippen LogP contribution < -0.4 is 5.32 Å². The molecule has 2 aromatic rings. The normalized spacial score (nSPS) is 18.1. The molecule has 30 heavy (non-hydrogen) atoms. The van der Waals surface area contributed by atoms with E-state index in [2.05, 4.69) is 15.3 Å². The van der Waals surface area contributed by atoms with Crippen molar-refractivity contribution >= 4 is 17.8 Å². The minimum atomic E-state index is -1.06. The molecule has 8 heteroatoms. The molecular formula is C22H28N4O4. The first-order chi connectivity index (χ1) is 14.4. The van der Waals surface area contributed by atoms with E-state index in [4.69, 9.17) is 0 Å². The fraction of sp³-hybridized carbons (Fsp3) is 0.455. The Labute approximate surface area is 175 Å². The summed E-state index contributed by atoms with van der Waals surface area (Å²) in [5.41, 5.74) is 2.43. The van der Waals surface area contributed by atoms with Gasteiger partial charge in [0, 0.05) is 30.4 Å². The number of rotatable bonds is 8. The molecule has 3 rings (SSSR count). The Morgan fingerprint density at radius 1 is 1.37 bits per heavy atom. The number of carboxylic acid groups (broad SMARTS) is 1. The first-order valence-electron chi connectivity index (χ1n) is 10.3. The molecule has 3 atom stereocenters. The summed E-state index contributed by atoms with van der Waals surface area (Å²) in [6, 6.07) is 5.72. The van der Waals surface area contributed by atoms with Gasteiger partial charge in [0.05, 0.1) is 6.33 Å². The Hall–Kier alpha value is -3.16. The molecule has 1 aromatic heterocycles. The van der Waals surface area contributed by atoms with E-state index in [1.807, 2.05) is 25.1 Å². The molecule has 0 spiro atoms. The minimum absolute atomic E-state index is 0.198. The van der Waals surface area contributed by atoms with Gasteiger partial charge in [-0.05, 0) is 36.5 Å². The Balaban J connectivity index is 1.72. The van der Waals surface area contributed by atoms with E-state index in [0.29, 0.717) is 37.8 Å². The molecule has 0 radical (unpaired) electrons.